The summed E-state index contributed by atoms with van der Waals surface area (Å²) < 4.78 is 31.5. The molecule has 5 rings (SSSR count). The van der Waals surface area contributed by atoms with Crippen LogP contribution in [-0.2, 0) is 33.3 Å². The molecule has 3 aliphatic rings. The maximum absolute atomic E-state index is 13.6. The third kappa shape index (κ3) is 4.65. The maximum Gasteiger partial charge on any atom is 0.340 e. The standard InChI is InChI=1S/C32H37NO9/c1-18-14-15-23(38-19(2)34)31(6)27(41-28(36)21-11-8-7-9-12-21)25(39-20(3)35)24-26(32(18,31)42-30(24,4)5)40-29(37)22-13-10-16-33-17-22/h7-13,16-18,23-27H,14-15H2,1-6H3/t18-,23+,24-,25+,26-,27+,31+,32-/m1/s1. The largest absolute Gasteiger partial charge is 0.462 e. The topological polar surface area (TPSA) is 127 Å². The Hall–Kier alpha value is -3.79. The third-order valence-corrected chi connectivity index (χ3v) is 9.32. The van der Waals surface area contributed by atoms with Gasteiger partial charge in [0, 0.05) is 26.2 Å². The highest BCUT2D eigenvalue weighted by atomic mass is 16.6. The molecule has 0 N–H and O–H groups in total. The second-order valence-electron chi connectivity index (χ2n) is 12.2. The lowest BCUT2D eigenvalue weighted by Crippen LogP contribution is -2.76. The van der Waals surface area contributed by atoms with Crippen LogP contribution in [0.3, 0.4) is 0 Å². The molecule has 1 spiro atoms. The number of carbonyl (C=O) groups excluding carboxylic acids is 4. The predicted octanol–water partition coefficient (Wildman–Crippen LogP) is 4.31. The van der Waals surface area contributed by atoms with E-state index in [1.165, 1.54) is 20.0 Å². The number of carbonyl (C=O) groups is 4. The van der Waals surface area contributed by atoms with Crippen molar-refractivity contribution in [3.8, 4) is 0 Å². The molecule has 2 bridgehead atoms. The van der Waals surface area contributed by atoms with Gasteiger partial charge in [-0.1, -0.05) is 25.1 Å². The van der Waals surface area contributed by atoms with Crippen molar-refractivity contribution >= 4 is 23.9 Å². The second kappa shape index (κ2) is 10.8. The van der Waals surface area contributed by atoms with Gasteiger partial charge in [-0.05, 0) is 63.8 Å². The van der Waals surface area contributed by atoms with Crippen LogP contribution < -0.4 is 0 Å². The number of hydrogen-bond donors (Lipinski definition) is 0. The molecular weight excluding hydrogens is 542 g/mol. The first-order valence-corrected chi connectivity index (χ1v) is 14.2. The van der Waals surface area contributed by atoms with Gasteiger partial charge in [0.15, 0.2) is 6.10 Å². The number of rotatable bonds is 6. The first kappa shape index (κ1) is 29.7. The van der Waals surface area contributed by atoms with Crippen molar-refractivity contribution < 1.29 is 42.9 Å². The molecule has 3 fully saturated rings. The van der Waals surface area contributed by atoms with Gasteiger partial charge < -0.3 is 23.7 Å². The van der Waals surface area contributed by atoms with Gasteiger partial charge >= 0.3 is 23.9 Å². The van der Waals surface area contributed by atoms with Crippen molar-refractivity contribution in [2.45, 2.75) is 90.0 Å². The molecule has 0 radical (unpaired) electrons. The summed E-state index contributed by atoms with van der Waals surface area (Å²) in [5.74, 6) is -3.35. The number of pyridine rings is 1. The monoisotopic (exact) mass is 579 g/mol. The van der Waals surface area contributed by atoms with E-state index in [-0.39, 0.29) is 11.5 Å². The normalized spacial score (nSPS) is 34.4. The fourth-order valence-electron chi connectivity index (χ4n) is 7.67. The van der Waals surface area contributed by atoms with Gasteiger partial charge in [-0.25, -0.2) is 9.59 Å². The highest BCUT2D eigenvalue weighted by Crippen LogP contribution is 2.68. The van der Waals surface area contributed by atoms with Crippen molar-refractivity contribution in [3.63, 3.8) is 0 Å². The van der Waals surface area contributed by atoms with Crippen molar-refractivity contribution in [2.75, 3.05) is 0 Å². The lowest BCUT2D eigenvalue weighted by atomic mass is 9.48. The number of esters is 4. The number of ether oxygens (including phenoxy) is 5. The molecule has 2 saturated carbocycles. The highest BCUT2D eigenvalue weighted by molar-refractivity contribution is 5.90. The van der Waals surface area contributed by atoms with Crippen molar-refractivity contribution in [3.05, 3.63) is 66.0 Å². The van der Waals surface area contributed by atoms with Crippen molar-refractivity contribution in [1.29, 1.82) is 0 Å². The molecule has 2 aliphatic carbocycles. The van der Waals surface area contributed by atoms with E-state index in [9.17, 15) is 19.2 Å². The van der Waals surface area contributed by atoms with Gasteiger partial charge in [0.2, 0.25) is 0 Å². The molecule has 1 aromatic carbocycles. The van der Waals surface area contributed by atoms with E-state index >= 15 is 0 Å². The van der Waals surface area contributed by atoms with E-state index in [4.69, 9.17) is 23.7 Å². The molecule has 8 atom stereocenters. The Kier molecular flexibility index (Phi) is 7.64. The Labute approximate surface area is 245 Å². The van der Waals surface area contributed by atoms with Crippen LogP contribution in [0.4, 0.5) is 0 Å². The van der Waals surface area contributed by atoms with Gasteiger partial charge in [-0.15, -0.1) is 0 Å². The molecule has 1 saturated heterocycles. The maximum atomic E-state index is 13.6. The number of nitrogens with zero attached hydrogens (tertiary/aromatic N) is 1. The fraction of sp³-hybridized carbons (Fsp3) is 0.531. The summed E-state index contributed by atoms with van der Waals surface area (Å²) in [6.07, 6.45) is 0.00972. The zero-order valence-corrected chi connectivity index (χ0v) is 24.7. The number of hydrogen-bond acceptors (Lipinski definition) is 10. The van der Waals surface area contributed by atoms with Gasteiger partial charge in [0.1, 0.15) is 23.9 Å². The van der Waals surface area contributed by atoms with Crippen molar-refractivity contribution in [2.24, 2.45) is 17.3 Å². The molecule has 1 aromatic heterocycles. The molecule has 0 unspecified atom stereocenters. The minimum absolute atomic E-state index is 0.235. The molecule has 42 heavy (non-hydrogen) atoms. The summed E-state index contributed by atoms with van der Waals surface area (Å²) in [5.41, 5.74) is -3.04. The number of aromatic nitrogens is 1. The van der Waals surface area contributed by atoms with E-state index in [1.54, 1.807) is 48.7 Å². The van der Waals surface area contributed by atoms with Crippen LogP contribution in [-0.4, -0.2) is 64.5 Å². The minimum Gasteiger partial charge on any atom is -0.462 e. The Bertz CT molecular complexity index is 1360. The SMILES string of the molecule is CC(=O)O[C@H]1[C@@H]2[C@@H](OC(=O)c3cccnc3)[C@]3(OC2(C)C)[C@H](C)CC[C@H](OC(C)=O)[C@@]3(C)[C@H]1OC(=O)c1ccccc1. The third-order valence-electron chi connectivity index (χ3n) is 9.32. The number of benzene rings is 1. The van der Waals surface area contributed by atoms with Gasteiger partial charge in [0.05, 0.1) is 28.1 Å². The molecule has 1 aliphatic heterocycles. The Morgan fingerprint density at radius 1 is 0.810 bits per heavy atom. The molecule has 2 heterocycles. The predicted molar refractivity (Wildman–Crippen MR) is 148 cm³/mol. The molecular formula is C32H37NO9. The summed E-state index contributed by atoms with van der Waals surface area (Å²) in [7, 11) is 0. The molecule has 0 amide bonds. The lowest BCUT2D eigenvalue weighted by Gasteiger charge is -2.62. The summed E-state index contributed by atoms with van der Waals surface area (Å²) >= 11 is 0. The Morgan fingerprint density at radius 3 is 2.05 bits per heavy atom. The van der Waals surface area contributed by atoms with Crippen LogP contribution in [0.2, 0.25) is 0 Å². The van der Waals surface area contributed by atoms with Crippen LogP contribution in [0.25, 0.3) is 0 Å². The first-order valence-electron chi connectivity index (χ1n) is 14.2. The molecule has 10 nitrogen and oxygen atoms in total. The van der Waals surface area contributed by atoms with Gasteiger partial charge in [-0.2, -0.15) is 0 Å². The fourth-order valence-corrected chi connectivity index (χ4v) is 7.67. The van der Waals surface area contributed by atoms with E-state index in [0.717, 1.165) is 0 Å². The van der Waals surface area contributed by atoms with Gasteiger partial charge in [0.25, 0.3) is 0 Å². The lowest BCUT2D eigenvalue weighted by molar-refractivity contribution is -0.296. The second-order valence-corrected chi connectivity index (χ2v) is 12.2. The summed E-state index contributed by atoms with van der Waals surface area (Å²) in [4.78, 5) is 56.3. The average Bonchev–Trinajstić information content (AvgIpc) is 3.15. The van der Waals surface area contributed by atoms with Crippen LogP contribution >= 0.6 is 0 Å². The molecule has 2 aromatic rings. The van der Waals surface area contributed by atoms with Crippen LogP contribution in [0.15, 0.2) is 54.9 Å². The number of fused-ring (bicyclic) bond motifs is 1. The van der Waals surface area contributed by atoms with Crippen molar-refractivity contribution in [1.82, 2.24) is 4.98 Å². The van der Waals surface area contributed by atoms with E-state index < -0.39 is 70.8 Å². The Balaban J connectivity index is 1.71. The van der Waals surface area contributed by atoms with E-state index in [2.05, 4.69) is 4.98 Å². The van der Waals surface area contributed by atoms with Gasteiger partial charge in [-0.3, -0.25) is 14.6 Å². The smallest absolute Gasteiger partial charge is 0.340 e. The minimum atomic E-state index is -1.30. The quantitative estimate of drug-likeness (QED) is 0.361. The van der Waals surface area contributed by atoms with E-state index in [0.29, 0.717) is 18.4 Å². The average molecular weight is 580 g/mol. The Morgan fingerprint density at radius 2 is 1.43 bits per heavy atom. The first-order chi connectivity index (χ1) is 19.8. The summed E-state index contributed by atoms with van der Waals surface area (Å²) in [6, 6.07) is 11.7. The van der Waals surface area contributed by atoms with Crippen LogP contribution in [0, 0.1) is 17.3 Å². The summed E-state index contributed by atoms with van der Waals surface area (Å²) in [6.45, 7) is 10.1. The van der Waals surface area contributed by atoms with Crippen LogP contribution in [0.1, 0.15) is 75.1 Å². The zero-order chi connectivity index (χ0) is 30.4. The molecule has 224 valence electrons. The summed E-state index contributed by atoms with van der Waals surface area (Å²) in [5, 5.41) is 0. The van der Waals surface area contributed by atoms with Crippen LogP contribution in [0.5, 0.6) is 0 Å². The van der Waals surface area contributed by atoms with E-state index in [1.807, 2.05) is 27.7 Å². The highest BCUT2D eigenvalue weighted by Gasteiger charge is 2.82. The molecule has 10 heteroatoms. The zero-order valence-electron chi connectivity index (χ0n) is 24.7.